The van der Waals surface area contributed by atoms with E-state index in [1.165, 1.54) is 18.4 Å². The zero-order valence-corrected chi connectivity index (χ0v) is 11.1. The molecule has 0 aromatic carbocycles. The third kappa shape index (κ3) is 2.42. The number of amides is 2. The van der Waals surface area contributed by atoms with Gasteiger partial charge in [-0.05, 0) is 18.8 Å². The monoisotopic (exact) mass is 254 g/mol. The Kier molecular flexibility index (Phi) is 3.73. The molecule has 2 fully saturated rings. The Balaban J connectivity index is 2.07. The van der Waals surface area contributed by atoms with Crippen LogP contribution in [0.3, 0.4) is 0 Å². The number of aliphatic hydroxyl groups excluding tert-OH is 1. The minimum absolute atomic E-state index is 0.0268. The van der Waals surface area contributed by atoms with E-state index in [4.69, 9.17) is 0 Å². The van der Waals surface area contributed by atoms with Gasteiger partial charge in [-0.1, -0.05) is 19.8 Å². The van der Waals surface area contributed by atoms with Crippen LogP contribution in [0.5, 0.6) is 0 Å². The van der Waals surface area contributed by atoms with E-state index in [0.29, 0.717) is 5.92 Å². The second kappa shape index (κ2) is 4.97. The predicted molar refractivity (Wildman–Crippen MR) is 66.8 cm³/mol. The molecule has 0 bridgehead atoms. The fourth-order valence-corrected chi connectivity index (χ4v) is 3.22. The fourth-order valence-electron chi connectivity index (χ4n) is 3.22. The summed E-state index contributed by atoms with van der Waals surface area (Å²) in [6.45, 7) is 2.19. The molecular weight excluding hydrogens is 232 g/mol. The van der Waals surface area contributed by atoms with Gasteiger partial charge in [-0.3, -0.25) is 19.8 Å². The minimum Gasteiger partial charge on any atom is -0.394 e. The molecule has 2 aliphatic rings. The van der Waals surface area contributed by atoms with E-state index in [1.54, 1.807) is 0 Å². The maximum atomic E-state index is 11.9. The smallest absolute Gasteiger partial charge is 0.246 e. The summed E-state index contributed by atoms with van der Waals surface area (Å²) in [5.41, 5.74) is -0.385. The summed E-state index contributed by atoms with van der Waals surface area (Å²) in [6.07, 6.45) is 4.17. The Morgan fingerprint density at radius 2 is 2.22 bits per heavy atom. The van der Waals surface area contributed by atoms with Gasteiger partial charge in [0.15, 0.2) is 0 Å². The van der Waals surface area contributed by atoms with Gasteiger partial charge < -0.3 is 5.11 Å². The molecule has 18 heavy (non-hydrogen) atoms. The normalized spacial score (nSPS) is 37.4. The van der Waals surface area contributed by atoms with Crippen LogP contribution in [0.1, 0.15) is 39.0 Å². The number of rotatable bonds is 3. The van der Waals surface area contributed by atoms with Crippen molar-refractivity contribution in [3.63, 3.8) is 0 Å². The SMILES string of the molecule is CC1CCCC(CO)(NC2CC(=O)N(C)C2=O)C1. The van der Waals surface area contributed by atoms with Crippen LogP contribution in [0.15, 0.2) is 0 Å². The summed E-state index contributed by atoms with van der Waals surface area (Å²) in [6, 6.07) is -0.458. The lowest BCUT2D eigenvalue weighted by molar-refractivity contribution is -0.137. The molecule has 2 rings (SSSR count). The average Bonchev–Trinajstić information content (AvgIpc) is 2.57. The fraction of sp³-hybridized carbons (Fsp3) is 0.846. The first-order valence-electron chi connectivity index (χ1n) is 6.66. The van der Waals surface area contributed by atoms with Crippen LogP contribution >= 0.6 is 0 Å². The molecule has 0 aromatic heterocycles. The number of nitrogens with zero attached hydrogens (tertiary/aromatic N) is 1. The molecule has 102 valence electrons. The van der Waals surface area contributed by atoms with Crippen LogP contribution in [0.4, 0.5) is 0 Å². The van der Waals surface area contributed by atoms with Crippen molar-refractivity contribution in [3.8, 4) is 0 Å². The highest BCUT2D eigenvalue weighted by molar-refractivity contribution is 6.05. The van der Waals surface area contributed by atoms with Gasteiger partial charge in [0.25, 0.3) is 0 Å². The van der Waals surface area contributed by atoms with Crippen molar-refractivity contribution in [2.24, 2.45) is 5.92 Å². The van der Waals surface area contributed by atoms with Crippen LogP contribution in [0.2, 0.25) is 0 Å². The Morgan fingerprint density at radius 1 is 1.50 bits per heavy atom. The van der Waals surface area contributed by atoms with E-state index in [0.717, 1.165) is 19.3 Å². The molecule has 2 N–H and O–H groups in total. The maximum Gasteiger partial charge on any atom is 0.246 e. The molecule has 0 aromatic rings. The largest absolute Gasteiger partial charge is 0.394 e. The van der Waals surface area contributed by atoms with Crippen LogP contribution in [-0.4, -0.2) is 47.1 Å². The summed E-state index contributed by atoms with van der Waals surface area (Å²) in [7, 11) is 1.52. The van der Waals surface area contributed by atoms with Gasteiger partial charge in [0.2, 0.25) is 11.8 Å². The summed E-state index contributed by atoms with van der Waals surface area (Å²) in [5, 5.41) is 12.9. The van der Waals surface area contributed by atoms with Crippen LogP contribution in [-0.2, 0) is 9.59 Å². The molecule has 1 aliphatic heterocycles. The number of imide groups is 1. The first-order chi connectivity index (χ1) is 8.47. The Bertz CT molecular complexity index is 358. The van der Waals surface area contributed by atoms with Gasteiger partial charge in [-0.15, -0.1) is 0 Å². The molecule has 2 amide bonds. The van der Waals surface area contributed by atoms with Crippen molar-refractivity contribution in [1.29, 1.82) is 0 Å². The van der Waals surface area contributed by atoms with Crippen molar-refractivity contribution in [3.05, 3.63) is 0 Å². The Hall–Kier alpha value is -0.940. The number of likely N-dealkylation sites (N-methyl/N-ethyl adjacent to an activating group) is 1. The minimum atomic E-state index is -0.458. The van der Waals surface area contributed by atoms with E-state index in [9.17, 15) is 14.7 Å². The maximum absolute atomic E-state index is 11.9. The quantitative estimate of drug-likeness (QED) is 0.710. The molecule has 1 heterocycles. The lowest BCUT2D eigenvalue weighted by Gasteiger charge is -2.41. The number of likely N-dealkylation sites (tertiary alicyclic amines) is 1. The van der Waals surface area contributed by atoms with Crippen molar-refractivity contribution >= 4 is 11.8 Å². The number of hydrogen-bond acceptors (Lipinski definition) is 4. The number of carbonyl (C=O) groups excluding carboxylic acids is 2. The zero-order chi connectivity index (χ0) is 13.3. The van der Waals surface area contributed by atoms with Crippen molar-refractivity contribution in [1.82, 2.24) is 10.2 Å². The zero-order valence-electron chi connectivity index (χ0n) is 11.1. The highest BCUT2D eigenvalue weighted by Gasteiger charge is 2.43. The van der Waals surface area contributed by atoms with Crippen molar-refractivity contribution < 1.29 is 14.7 Å². The van der Waals surface area contributed by atoms with E-state index in [1.807, 2.05) is 0 Å². The van der Waals surface area contributed by atoms with E-state index >= 15 is 0 Å². The van der Waals surface area contributed by atoms with Crippen molar-refractivity contribution in [2.75, 3.05) is 13.7 Å². The number of carbonyl (C=O) groups is 2. The second-order valence-corrected chi connectivity index (χ2v) is 5.83. The van der Waals surface area contributed by atoms with Gasteiger partial charge in [0.1, 0.15) is 0 Å². The lowest BCUT2D eigenvalue weighted by atomic mass is 9.76. The second-order valence-electron chi connectivity index (χ2n) is 5.83. The number of hydrogen-bond donors (Lipinski definition) is 2. The molecule has 3 unspecified atom stereocenters. The third-order valence-corrected chi connectivity index (χ3v) is 4.26. The molecule has 1 aliphatic carbocycles. The lowest BCUT2D eigenvalue weighted by Crippen LogP contribution is -2.57. The van der Waals surface area contributed by atoms with Gasteiger partial charge in [0, 0.05) is 12.6 Å². The van der Waals surface area contributed by atoms with Crippen LogP contribution < -0.4 is 5.32 Å². The molecule has 0 spiro atoms. The topological polar surface area (TPSA) is 69.6 Å². The summed E-state index contributed by atoms with van der Waals surface area (Å²) < 4.78 is 0. The van der Waals surface area contributed by atoms with Gasteiger partial charge in [-0.2, -0.15) is 0 Å². The van der Waals surface area contributed by atoms with Crippen molar-refractivity contribution in [2.45, 2.75) is 50.6 Å². The number of aliphatic hydroxyl groups is 1. The van der Waals surface area contributed by atoms with Gasteiger partial charge in [-0.25, -0.2) is 0 Å². The standard InChI is InChI=1S/C13H22N2O3/c1-9-4-3-5-13(7-9,8-16)14-10-6-11(17)15(2)12(10)18/h9-10,14,16H,3-8H2,1-2H3. The third-order valence-electron chi connectivity index (χ3n) is 4.26. The molecule has 5 nitrogen and oxygen atoms in total. The molecule has 1 saturated heterocycles. The van der Waals surface area contributed by atoms with Crippen LogP contribution in [0.25, 0.3) is 0 Å². The van der Waals surface area contributed by atoms with E-state index < -0.39 is 6.04 Å². The van der Waals surface area contributed by atoms with E-state index in [2.05, 4.69) is 12.2 Å². The number of nitrogens with one attached hydrogen (secondary N) is 1. The van der Waals surface area contributed by atoms with Crippen LogP contribution in [0, 0.1) is 5.92 Å². The first kappa shape index (κ1) is 13.5. The Labute approximate surface area is 108 Å². The highest BCUT2D eigenvalue weighted by Crippen LogP contribution is 2.33. The molecule has 0 radical (unpaired) electrons. The highest BCUT2D eigenvalue weighted by atomic mass is 16.3. The predicted octanol–water partition coefficient (Wildman–Crippen LogP) is 0.274. The molecule has 1 saturated carbocycles. The summed E-state index contributed by atoms with van der Waals surface area (Å²) >= 11 is 0. The Morgan fingerprint density at radius 3 is 2.72 bits per heavy atom. The van der Waals surface area contributed by atoms with E-state index in [-0.39, 0.29) is 30.4 Å². The summed E-state index contributed by atoms with van der Waals surface area (Å²) in [5.74, 6) is 0.226. The average molecular weight is 254 g/mol. The first-order valence-corrected chi connectivity index (χ1v) is 6.66. The molecule has 5 heteroatoms. The van der Waals surface area contributed by atoms with Gasteiger partial charge >= 0.3 is 0 Å². The van der Waals surface area contributed by atoms with Gasteiger partial charge in [0.05, 0.1) is 19.1 Å². The summed E-state index contributed by atoms with van der Waals surface area (Å²) in [4.78, 5) is 24.6. The molecular formula is C13H22N2O3. The molecule has 3 atom stereocenters.